The highest BCUT2D eigenvalue weighted by molar-refractivity contribution is 6.40. The maximum atomic E-state index is 13.6. The summed E-state index contributed by atoms with van der Waals surface area (Å²) < 4.78 is 13.6. The molecule has 2 aliphatic rings. The molecule has 1 aliphatic carbocycles. The lowest BCUT2D eigenvalue weighted by Crippen LogP contribution is -2.50. The Hall–Kier alpha value is -2.44. The number of primary amides is 1. The molecule has 3 unspecified atom stereocenters. The normalized spacial score (nSPS) is 26.0. The van der Waals surface area contributed by atoms with Crippen LogP contribution >= 0.6 is 0 Å². The van der Waals surface area contributed by atoms with E-state index < -0.39 is 29.6 Å². The number of carbonyl (C=O) groups is 3. The SMILES string of the molecule is NC(=O)C1C2CCCC2CN1C(=O)C(=O)Nc1ccccc1F. The fraction of sp³-hybridized carbons (Fsp3) is 0.438. The number of hydrogen-bond acceptors (Lipinski definition) is 3. The quantitative estimate of drug-likeness (QED) is 0.793. The van der Waals surface area contributed by atoms with Gasteiger partial charge in [0.1, 0.15) is 11.9 Å². The standard InChI is InChI=1S/C16H18FN3O3/c17-11-6-1-2-7-12(11)19-15(22)16(23)20-8-9-4-3-5-10(9)13(20)14(18)21/h1-2,6-7,9-10,13H,3-5,8H2,(H2,18,21)(H,19,22). The van der Waals surface area contributed by atoms with Crippen LogP contribution in [0.1, 0.15) is 19.3 Å². The summed E-state index contributed by atoms with van der Waals surface area (Å²) in [6.45, 7) is 0.349. The number of nitrogens with one attached hydrogen (secondary N) is 1. The molecule has 3 atom stereocenters. The van der Waals surface area contributed by atoms with E-state index in [0.29, 0.717) is 6.54 Å². The van der Waals surface area contributed by atoms with Crippen LogP contribution in [-0.4, -0.2) is 35.2 Å². The van der Waals surface area contributed by atoms with Crippen LogP contribution in [0.5, 0.6) is 0 Å². The summed E-state index contributed by atoms with van der Waals surface area (Å²) in [5.41, 5.74) is 5.37. The first-order valence-corrected chi connectivity index (χ1v) is 7.65. The third-order valence-electron chi connectivity index (χ3n) is 4.76. The molecule has 122 valence electrons. The van der Waals surface area contributed by atoms with Gasteiger partial charge in [0.05, 0.1) is 5.69 Å². The van der Waals surface area contributed by atoms with E-state index in [2.05, 4.69) is 5.32 Å². The van der Waals surface area contributed by atoms with Gasteiger partial charge in [0.15, 0.2) is 0 Å². The Balaban J connectivity index is 1.75. The van der Waals surface area contributed by atoms with E-state index in [-0.39, 0.29) is 17.5 Å². The van der Waals surface area contributed by atoms with Gasteiger partial charge in [-0.25, -0.2) is 4.39 Å². The van der Waals surface area contributed by atoms with Crippen molar-refractivity contribution in [2.24, 2.45) is 17.6 Å². The second kappa shape index (κ2) is 5.98. The number of carbonyl (C=O) groups excluding carboxylic acids is 3. The van der Waals surface area contributed by atoms with Gasteiger partial charge in [-0.2, -0.15) is 0 Å². The van der Waals surface area contributed by atoms with E-state index in [1.807, 2.05) is 0 Å². The minimum Gasteiger partial charge on any atom is -0.368 e. The van der Waals surface area contributed by atoms with Crippen molar-refractivity contribution in [2.75, 3.05) is 11.9 Å². The molecule has 1 aromatic rings. The molecule has 0 radical (unpaired) electrons. The van der Waals surface area contributed by atoms with Gasteiger partial charge in [0.25, 0.3) is 0 Å². The van der Waals surface area contributed by atoms with Crippen molar-refractivity contribution < 1.29 is 18.8 Å². The van der Waals surface area contributed by atoms with Gasteiger partial charge >= 0.3 is 11.8 Å². The molecule has 1 saturated carbocycles. The molecule has 3 amide bonds. The Labute approximate surface area is 132 Å². The maximum absolute atomic E-state index is 13.6. The molecular weight excluding hydrogens is 301 g/mol. The van der Waals surface area contributed by atoms with E-state index in [1.54, 1.807) is 6.07 Å². The van der Waals surface area contributed by atoms with Crippen LogP contribution in [-0.2, 0) is 14.4 Å². The zero-order chi connectivity index (χ0) is 16.6. The Morgan fingerprint density at radius 2 is 1.96 bits per heavy atom. The molecule has 3 rings (SSSR count). The highest BCUT2D eigenvalue weighted by Gasteiger charge is 2.49. The third kappa shape index (κ3) is 2.78. The molecule has 2 fully saturated rings. The number of fused-ring (bicyclic) bond motifs is 1. The molecule has 1 heterocycles. The summed E-state index contributed by atoms with van der Waals surface area (Å²) in [7, 11) is 0. The number of nitrogens with two attached hydrogens (primary N) is 1. The van der Waals surface area contributed by atoms with Gasteiger partial charge in [-0.15, -0.1) is 0 Å². The fourth-order valence-corrected chi connectivity index (χ4v) is 3.75. The molecular formula is C16H18FN3O3. The van der Waals surface area contributed by atoms with Crippen molar-refractivity contribution in [3.05, 3.63) is 30.1 Å². The zero-order valence-corrected chi connectivity index (χ0v) is 12.5. The molecule has 1 aliphatic heterocycles. The van der Waals surface area contributed by atoms with Crippen LogP contribution in [0.4, 0.5) is 10.1 Å². The first-order chi connectivity index (χ1) is 11.0. The van der Waals surface area contributed by atoms with Gasteiger partial charge in [-0.3, -0.25) is 14.4 Å². The summed E-state index contributed by atoms with van der Waals surface area (Å²) in [5.74, 6) is -2.78. The van der Waals surface area contributed by atoms with Crippen LogP contribution in [0.15, 0.2) is 24.3 Å². The molecule has 0 bridgehead atoms. The van der Waals surface area contributed by atoms with Gasteiger partial charge in [-0.1, -0.05) is 18.6 Å². The Bertz CT molecular complexity index is 664. The second-order valence-corrected chi connectivity index (χ2v) is 6.09. The smallest absolute Gasteiger partial charge is 0.314 e. The molecule has 1 aromatic carbocycles. The number of rotatable bonds is 2. The van der Waals surface area contributed by atoms with Crippen molar-refractivity contribution in [3.8, 4) is 0 Å². The molecule has 3 N–H and O–H groups in total. The highest BCUT2D eigenvalue weighted by atomic mass is 19.1. The Morgan fingerprint density at radius 1 is 1.22 bits per heavy atom. The summed E-state index contributed by atoms with van der Waals surface area (Å²) in [6, 6.07) is 4.84. The average Bonchev–Trinajstić information content (AvgIpc) is 3.08. The molecule has 23 heavy (non-hydrogen) atoms. The number of hydrogen-bond donors (Lipinski definition) is 2. The van der Waals surface area contributed by atoms with Crippen LogP contribution in [0.3, 0.4) is 0 Å². The van der Waals surface area contributed by atoms with Crippen molar-refractivity contribution in [2.45, 2.75) is 25.3 Å². The lowest BCUT2D eigenvalue weighted by atomic mass is 9.94. The summed E-state index contributed by atoms with van der Waals surface area (Å²) >= 11 is 0. The van der Waals surface area contributed by atoms with Crippen LogP contribution < -0.4 is 11.1 Å². The maximum Gasteiger partial charge on any atom is 0.314 e. The van der Waals surface area contributed by atoms with Crippen LogP contribution in [0.2, 0.25) is 0 Å². The van der Waals surface area contributed by atoms with Crippen molar-refractivity contribution in [1.29, 1.82) is 0 Å². The predicted octanol–water partition coefficient (Wildman–Crippen LogP) is 0.877. The van der Waals surface area contributed by atoms with E-state index >= 15 is 0 Å². The summed E-state index contributed by atoms with van der Waals surface area (Å²) in [5, 5.41) is 2.25. The van der Waals surface area contributed by atoms with E-state index in [4.69, 9.17) is 5.73 Å². The molecule has 0 spiro atoms. The highest BCUT2D eigenvalue weighted by Crippen LogP contribution is 2.42. The number of amides is 3. The lowest BCUT2D eigenvalue weighted by molar-refractivity contribution is -0.146. The Kier molecular flexibility index (Phi) is 4.02. The van der Waals surface area contributed by atoms with E-state index in [1.165, 1.54) is 23.1 Å². The molecule has 1 saturated heterocycles. The van der Waals surface area contributed by atoms with Gasteiger partial charge in [-0.05, 0) is 36.8 Å². The van der Waals surface area contributed by atoms with Gasteiger partial charge in [0.2, 0.25) is 5.91 Å². The monoisotopic (exact) mass is 319 g/mol. The first kappa shape index (κ1) is 15.5. The van der Waals surface area contributed by atoms with Crippen LogP contribution in [0.25, 0.3) is 0 Å². The number of likely N-dealkylation sites (tertiary alicyclic amines) is 1. The zero-order valence-electron chi connectivity index (χ0n) is 12.5. The number of benzene rings is 1. The predicted molar refractivity (Wildman–Crippen MR) is 80.6 cm³/mol. The second-order valence-electron chi connectivity index (χ2n) is 6.09. The lowest BCUT2D eigenvalue weighted by Gasteiger charge is -2.24. The fourth-order valence-electron chi connectivity index (χ4n) is 3.75. The molecule has 0 aromatic heterocycles. The molecule has 7 heteroatoms. The van der Waals surface area contributed by atoms with Gasteiger partial charge < -0.3 is 16.0 Å². The summed E-state index contributed by atoms with van der Waals surface area (Å²) in [4.78, 5) is 37.5. The van der Waals surface area contributed by atoms with Crippen LogP contribution in [0, 0.1) is 17.7 Å². The average molecular weight is 319 g/mol. The van der Waals surface area contributed by atoms with E-state index in [0.717, 1.165) is 19.3 Å². The molecule has 6 nitrogen and oxygen atoms in total. The van der Waals surface area contributed by atoms with Crippen molar-refractivity contribution in [1.82, 2.24) is 4.90 Å². The number of anilines is 1. The Morgan fingerprint density at radius 3 is 2.65 bits per heavy atom. The number of nitrogens with zero attached hydrogens (tertiary/aromatic N) is 1. The topological polar surface area (TPSA) is 92.5 Å². The minimum atomic E-state index is -0.957. The summed E-state index contributed by atoms with van der Waals surface area (Å²) in [6.07, 6.45) is 2.76. The van der Waals surface area contributed by atoms with Gasteiger partial charge in [0, 0.05) is 6.54 Å². The minimum absolute atomic E-state index is 0.0257. The largest absolute Gasteiger partial charge is 0.368 e. The van der Waals surface area contributed by atoms with Crippen molar-refractivity contribution in [3.63, 3.8) is 0 Å². The number of para-hydroxylation sites is 1. The van der Waals surface area contributed by atoms with E-state index in [9.17, 15) is 18.8 Å². The first-order valence-electron chi connectivity index (χ1n) is 7.65. The van der Waals surface area contributed by atoms with Crippen molar-refractivity contribution >= 4 is 23.4 Å². The number of halogens is 1. The third-order valence-corrected chi connectivity index (χ3v) is 4.76.